The summed E-state index contributed by atoms with van der Waals surface area (Å²) < 4.78 is 0. The van der Waals surface area contributed by atoms with E-state index < -0.39 is 23.3 Å². The van der Waals surface area contributed by atoms with E-state index in [4.69, 9.17) is 0 Å². The second-order valence-electron chi connectivity index (χ2n) is 4.17. The average Bonchev–Trinajstić information content (AvgIpc) is 2.14. The first-order valence-electron chi connectivity index (χ1n) is 5.03. The molecule has 1 rings (SSSR count). The number of nitrogens with zero attached hydrogens (tertiary/aromatic N) is 1. The molecule has 4 amide bonds. The second kappa shape index (κ2) is 3.64. The minimum atomic E-state index is -1.13. The highest BCUT2D eigenvalue weighted by Crippen LogP contribution is 2.32. The highest BCUT2D eigenvalue weighted by molar-refractivity contribution is 6.18. The van der Waals surface area contributed by atoms with Crippen molar-refractivity contribution in [2.75, 3.05) is 6.54 Å². The van der Waals surface area contributed by atoms with Gasteiger partial charge >= 0.3 is 6.03 Å². The predicted molar refractivity (Wildman–Crippen MR) is 53.9 cm³/mol. The summed E-state index contributed by atoms with van der Waals surface area (Å²) in [6.45, 7) is 7.14. The number of nitrogens with one attached hydrogen (secondary N) is 1. The van der Waals surface area contributed by atoms with Crippen LogP contribution in [0.15, 0.2) is 0 Å². The molecule has 1 saturated heterocycles. The molecule has 1 aliphatic heterocycles. The normalized spacial score (nSPS) is 27.3. The number of imide groups is 2. The Bertz CT molecular complexity index is 325. The first kappa shape index (κ1) is 11.7. The first-order valence-corrected chi connectivity index (χ1v) is 5.03. The van der Waals surface area contributed by atoms with Crippen LogP contribution in [-0.4, -0.2) is 29.3 Å². The van der Waals surface area contributed by atoms with Gasteiger partial charge in [-0.3, -0.25) is 19.8 Å². The van der Waals surface area contributed by atoms with E-state index in [1.165, 1.54) is 0 Å². The van der Waals surface area contributed by atoms with E-state index in [1.807, 2.05) is 0 Å². The third kappa shape index (κ3) is 1.52. The highest BCUT2D eigenvalue weighted by Gasteiger charge is 2.51. The van der Waals surface area contributed by atoms with Gasteiger partial charge in [-0.05, 0) is 19.8 Å². The number of amides is 4. The Hall–Kier alpha value is -1.39. The molecule has 0 spiro atoms. The van der Waals surface area contributed by atoms with Crippen molar-refractivity contribution in [1.29, 1.82) is 0 Å². The van der Waals surface area contributed by atoms with Crippen molar-refractivity contribution in [2.24, 2.45) is 11.3 Å². The van der Waals surface area contributed by atoms with Crippen molar-refractivity contribution in [3.8, 4) is 0 Å². The van der Waals surface area contributed by atoms with Gasteiger partial charge in [-0.1, -0.05) is 13.8 Å². The molecule has 0 saturated carbocycles. The number of barbiturate groups is 1. The summed E-state index contributed by atoms with van der Waals surface area (Å²) in [4.78, 5) is 36.0. The Labute approximate surface area is 88.8 Å². The van der Waals surface area contributed by atoms with Gasteiger partial charge in [0.25, 0.3) is 0 Å². The minimum Gasteiger partial charge on any atom is -0.277 e. The van der Waals surface area contributed by atoms with Crippen molar-refractivity contribution in [3.05, 3.63) is 0 Å². The maximum atomic E-state index is 12.0. The molecular formula is C10H16N2O3. The van der Waals surface area contributed by atoms with Gasteiger partial charge in [0.05, 0.1) is 0 Å². The van der Waals surface area contributed by atoms with Crippen LogP contribution in [0.1, 0.15) is 27.7 Å². The van der Waals surface area contributed by atoms with Crippen LogP contribution in [0.3, 0.4) is 0 Å². The van der Waals surface area contributed by atoms with Crippen LogP contribution in [0.4, 0.5) is 4.79 Å². The Morgan fingerprint density at radius 1 is 1.33 bits per heavy atom. The largest absolute Gasteiger partial charge is 0.330 e. The number of hydrogen-bond donors (Lipinski definition) is 1. The lowest BCUT2D eigenvalue weighted by Crippen LogP contribution is -2.64. The molecule has 84 valence electrons. The fraction of sp³-hybridized carbons (Fsp3) is 0.700. The topological polar surface area (TPSA) is 66.5 Å². The predicted octanol–water partition coefficient (Wildman–Crippen LogP) is 0.747. The summed E-state index contributed by atoms with van der Waals surface area (Å²) in [6, 6.07) is -0.620. The summed E-state index contributed by atoms with van der Waals surface area (Å²) >= 11 is 0. The van der Waals surface area contributed by atoms with E-state index in [-0.39, 0.29) is 12.5 Å². The molecule has 0 aromatic carbocycles. The molecule has 1 heterocycles. The molecule has 1 atom stereocenters. The van der Waals surface area contributed by atoms with Crippen LogP contribution in [-0.2, 0) is 9.59 Å². The number of carbonyl (C=O) groups excluding carboxylic acids is 3. The Balaban J connectivity index is 3.14. The van der Waals surface area contributed by atoms with E-state index in [1.54, 1.807) is 27.7 Å². The average molecular weight is 212 g/mol. The van der Waals surface area contributed by atoms with Crippen LogP contribution in [0.25, 0.3) is 0 Å². The van der Waals surface area contributed by atoms with Crippen LogP contribution in [0.5, 0.6) is 0 Å². The van der Waals surface area contributed by atoms with E-state index in [2.05, 4.69) is 5.32 Å². The monoisotopic (exact) mass is 212 g/mol. The first-order chi connectivity index (χ1) is 6.85. The maximum Gasteiger partial charge on any atom is 0.330 e. The Kier molecular flexibility index (Phi) is 2.83. The number of urea groups is 1. The standard InChI is InChI=1S/C10H16N2O3/c1-5-12-8(14)10(4,6(2)3)7(13)11-9(12)15/h6H,5H2,1-4H3,(H,11,13,15). The minimum absolute atomic E-state index is 0.146. The van der Waals surface area contributed by atoms with Crippen LogP contribution in [0.2, 0.25) is 0 Å². The summed E-state index contributed by atoms with van der Waals surface area (Å²) in [7, 11) is 0. The van der Waals surface area contributed by atoms with Gasteiger partial charge in [0.15, 0.2) is 0 Å². The highest BCUT2D eigenvalue weighted by atomic mass is 16.2. The molecule has 0 aliphatic carbocycles. The van der Waals surface area contributed by atoms with Crippen LogP contribution in [0, 0.1) is 11.3 Å². The number of carbonyl (C=O) groups is 3. The number of rotatable bonds is 2. The van der Waals surface area contributed by atoms with Gasteiger partial charge in [-0.2, -0.15) is 0 Å². The molecule has 0 aromatic rings. The molecule has 0 aromatic heterocycles. The third-order valence-electron chi connectivity index (χ3n) is 3.10. The van der Waals surface area contributed by atoms with Crippen molar-refractivity contribution >= 4 is 17.8 Å². The lowest BCUT2D eigenvalue weighted by molar-refractivity contribution is -0.153. The van der Waals surface area contributed by atoms with Crippen molar-refractivity contribution in [3.63, 3.8) is 0 Å². The zero-order valence-electron chi connectivity index (χ0n) is 9.46. The molecular weight excluding hydrogens is 196 g/mol. The zero-order valence-corrected chi connectivity index (χ0v) is 9.46. The molecule has 1 unspecified atom stereocenters. The van der Waals surface area contributed by atoms with Gasteiger partial charge in [-0.15, -0.1) is 0 Å². The molecule has 15 heavy (non-hydrogen) atoms. The second-order valence-corrected chi connectivity index (χ2v) is 4.17. The van der Waals surface area contributed by atoms with E-state index in [9.17, 15) is 14.4 Å². The Morgan fingerprint density at radius 3 is 2.27 bits per heavy atom. The number of hydrogen-bond acceptors (Lipinski definition) is 3. The lowest BCUT2D eigenvalue weighted by atomic mass is 9.76. The van der Waals surface area contributed by atoms with Crippen molar-refractivity contribution in [1.82, 2.24) is 10.2 Å². The third-order valence-corrected chi connectivity index (χ3v) is 3.10. The smallest absolute Gasteiger partial charge is 0.277 e. The van der Waals surface area contributed by atoms with Gasteiger partial charge in [0.1, 0.15) is 5.41 Å². The molecule has 0 bridgehead atoms. The van der Waals surface area contributed by atoms with E-state index >= 15 is 0 Å². The summed E-state index contributed by atoms with van der Waals surface area (Å²) in [5.74, 6) is -1.06. The van der Waals surface area contributed by atoms with Gasteiger partial charge < -0.3 is 0 Å². The van der Waals surface area contributed by atoms with Gasteiger partial charge in [0.2, 0.25) is 11.8 Å². The van der Waals surface area contributed by atoms with Crippen LogP contribution < -0.4 is 5.32 Å². The van der Waals surface area contributed by atoms with E-state index in [0.29, 0.717) is 0 Å². The Morgan fingerprint density at radius 2 is 1.87 bits per heavy atom. The van der Waals surface area contributed by atoms with Crippen molar-refractivity contribution < 1.29 is 14.4 Å². The van der Waals surface area contributed by atoms with Crippen molar-refractivity contribution in [2.45, 2.75) is 27.7 Å². The fourth-order valence-corrected chi connectivity index (χ4v) is 1.56. The summed E-state index contributed by atoms with van der Waals surface area (Å²) in [6.07, 6.45) is 0. The zero-order chi connectivity index (χ0) is 11.8. The van der Waals surface area contributed by atoms with Gasteiger partial charge in [0, 0.05) is 6.54 Å². The molecule has 0 radical (unpaired) electrons. The quantitative estimate of drug-likeness (QED) is 0.687. The van der Waals surface area contributed by atoms with Crippen LogP contribution >= 0.6 is 0 Å². The molecule has 1 fully saturated rings. The lowest BCUT2D eigenvalue weighted by Gasteiger charge is -2.38. The fourth-order valence-electron chi connectivity index (χ4n) is 1.56. The molecule has 1 N–H and O–H groups in total. The summed E-state index contributed by atoms with van der Waals surface area (Å²) in [5.41, 5.74) is -1.13. The van der Waals surface area contributed by atoms with E-state index in [0.717, 1.165) is 4.90 Å². The van der Waals surface area contributed by atoms with Gasteiger partial charge in [-0.25, -0.2) is 4.79 Å². The summed E-state index contributed by atoms with van der Waals surface area (Å²) in [5, 5.41) is 2.21. The molecule has 5 heteroatoms. The molecule has 1 aliphatic rings. The molecule has 5 nitrogen and oxygen atoms in total. The SMILES string of the molecule is CCN1C(=O)NC(=O)C(C)(C(C)C)C1=O. The maximum absolute atomic E-state index is 12.0.